The van der Waals surface area contributed by atoms with Gasteiger partial charge in [-0.25, -0.2) is 0 Å². The zero-order valence-corrected chi connectivity index (χ0v) is 15.6. The quantitative estimate of drug-likeness (QED) is 0.674. The van der Waals surface area contributed by atoms with Crippen LogP contribution in [0.3, 0.4) is 0 Å². The van der Waals surface area contributed by atoms with Crippen molar-refractivity contribution in [2.24, 2.45) is 4.99 Å². The topological polar surface area (TPSA) is 50.1 Å². The SMILES string of the molecule is Clc1ccc(C2=CSC(=NCCC[NH+]3CCOCC3)NN2)c(Cl)c1. The van der Waals surface area contributed by atoms with Gasteiger partial charge in [0.2, 0.25) is 0 Å². The van der Waals surface area contributed by atoms with Crippen molar-refractivity contribution in [1.29, 1.82) is 0 Å². The Labute approximate surface area is 156 Å². The van der Waals surface area contributed by atoms with E-state index in [4.69, 9.17) is 27.9 Å². The molecule has 3 N–H and O–H groups in total. The van der Waals surface area contributed by atoms with Gasteiger partial charge in [-0.05, 0) is 18.2 Å². The Bertz CT molecular complexity index is 633. The second-order valence-electron chi connectivity index (χ2n) is 5.68. The number of quaternary nitrogens is 1. The fraction of sp³-hybridized carbons (Fsp3) is 0.438. The lowest BCUT2D eigenvalue weighted by atomic mass is 10.2. The van der Waals surface area contributed by atoms with Gasteiger partial charge in [0.1, 0.15) is 13.1 Å². The smallest absolute Gasteiger partial charge is 0.179 e. The maximum absolute atomic E-state index is 6.23. The second kappa shape index (κ2) is 8.97. The van der Waals surface area contributed by atoms with Gasteiger partial charge in [0.25, 0.3) is 0 Å². The Morgan fingerprint density at radius 3 is 2.75 bits per heavy atom. The predicted molar refractivity (Wildman–Crippen MR) is 102 cm³/mol. The van der Waals surface area contributed by atoms with Crippen molar-refractivity contribution in [3.8, 4) is 0 Å². The highest BCUT2D eigenvalue weighted by atomic mass is 35.5. The standard InChI is InChI=1S/C16H20Cl2N4OS/c17-12-2-3-13(14(18)10-12)15-11-24-16(21-20-15)19-4-1-5-22-6-8-23-9-7-22/h2-3,10-11,20H,1,4-9H2,(H,19,21)/p+1. The van der Waals surface area contributed by atoms with Crippen molar-refractivity contribution in [1.82, 2.24) is 10.9 Å². The summed E-state index contributed by atoms with van der Waals surface area (Å²) in [6, 6.07) is 5.47. The molecule has 1 aromatic carbocycles. The Hall–Kier alpha value is -0.920. The number of halogens is 2. The van der Waals surface area contributed by atoms with Gasteiger partial charge >= 0.3 is 0 Å². The molecule has 0 bridgehead atoms. The highest BCUT2D eigenvalue weighted by Gasteiger charge is 2.14. The Morgan fingerprint density at radius 1 is 1.21 bits per heavy atom. The number of benzene rings is 1. The molecule has 0 saturated carbocycles. The molecule has 0 radical (unpaired) electrons. The lowest BCUT2D eigenvalue weighted by Crippen LogP contribution is -3.14. The Kier molecular flexibility index (Phi) is 6.68. The van der Waals surface area contributed by atoms with Crippen LogP contribution in [0.15, 0.2) is 28.6 Å². The van der Waals surface area contributed by atoms with Crippen LogP contribution in [0.4, 0.5) is 0 Å². The second-order valence-corrected chi connectivity index (χ2v) is 7.38. The summed E-state index contributed by atoms with van der Waals surface area (Å²) in [5.41, 5.74) is 8.10. The van der Waals surface area contributed by atoms with Crippen molar-refractivity contribution >= 4 is 45.8 Å². The van der Waals surface area contributed by atoms with E-state index in [2.05, 4.69) is 15.8 Å². The normalized spacial score (nSPS) is 20.4. The highest BCUT2D eigenvalue weighted by molar-refractivity contribution is 8.16. The van der Waals surface area contributed by atoms with Gasteiger partial charge in [-0.3, -0.25) is 15.8 Å². The van der Waals surface area contributed by atoms with E-state index in [1.165, 1.54) is 0 Å². The Morgan fingerprint density at radius 2 is 2.04 bits per heavy atom. The lowest BCUT2D eigenvalue weighted by molar-refractivity contribution is -0.908. The number of ether oxygens (including phenoxy) is 1. The largest absolute Gasteiger partial charge is 0.370 e. The summed E-state index contributed by atoms with van der Waals surface area (Å²) in [7, 11) is 0. The molecule has 2 aliphatic rings. The summed E-state index contributed by atoms with van der Waals surface area (Å²) in [5, 5.41) is 4.14. The minimum atomic E-state index is 0.623. The van der Waals surface area contributed by atoms with Crippen LogP contribution >= 0.6 is 35.0 Å². The van der Waals surface area contributed by atoms with Gasteiger partial charge in [-0.15, -0.1) is 0 Å². The zero-order chi connectivity index (χ0) is 16.8. The van der Waals surface area contributed by atoms with Crippen molar-refractivity contribution in [3.05, 3.63) is 39.2 Å². The molecule has 0 atom stereocenters. The molecule has 2 aliphatic heterocycles. The Balaban J connectivity index is 1.47. The molecule has 24 heavy (non-hydrogen) atoms. The molecule has 0 unspecified atom stereocenters. The molecule has 0 aromatic heterocycles. The minimum Gasteiger partial charge on any atom is -0.370 e. The van der Waals surface area contributed by atoms with Gasteiger partial charge in [0.15, 0.2) is 5.17 Å². The molecule has 1 aromatic rings. The summed E-state index contributed by atoms with van der Waals surface area (Å²) in [5.74, 6) is 0. The number of thioether (sulfide) groups is 1. The maximum Gasteiger partial charge on any atom is 0.179 e. The third-order valence-electron chi connectivity index (χ3n) is 3.96. The van der Waals surface area contributed by atoms with Gasteiger partial charge in [0, 0.05) is 29.0 Å². The van der Waals surface area contributed by atoms with Crippen molar-refractivity contribution in [2.45, 2.75) is 6.42 Å². The fourth-order valence-electron chi connectivity index (χ4n) is 2.63. The van der Waals surface area contributed by atoms with E-state index < -0.39 is 0 Å². The summed E-state index contributed by atoms with van der Waals surface area (Å²) in [4.78, 5) is 6.21. The summed E-state index contributed by atoms with van der Waals surface area (Å²) >= 11 is 13.7. The summed E-state index contributed by atoms with van der Waals surface area (Å²) in [6.45, 7) is 5.96. The van der Waals surface area contributed by atoms with Crippen LogP contribution in [0.1, 0.15) is 12.0 Å². The number of nitrogens with one attached hydrogen (secondary N) is 3. The number of hydrazine groups is 1. The number of hydrogen-bond acceptors (Lipinski definition) is 4. The molecule has 0 aliphatic carbocycles. The van der Waals surface area contributed by atoms with E-state index in [9.17, 15) is 0 Å². The molecular formula is C16H21Cl2N4OS+. The van der Waals surface area contributed by atoms with Gasteiger partial charge in [-0.2, -0.15) is 0 Å². The third-order valence-corrected chi connectivity index (χ3v) is 5.31. The molecule has 130 valence electrons. The zero-order valence-electron chi connectivity index (χ0n) is 13.3. The first-order valence-corrected chi connectivity index (χ1v) is 9.66. The summed E-state index contributed by atoms with van der Waals surface area (Å²) < 4.78 is 5.37. The molecule has 2 heterocycles. The number of aliphatic imine (C=N–C) groups is 1. The predicted octanol–water partition coefficient (Wildman–Crippen LogP) is 1.79. The molecule has 0 spiro atoms. The van der Waals surface area contributed by atoms with Crippen LogP contribution in [0.2, 0.25) is 10.0 Å². The van der Waals surface area contributed by atoms with Crippen molar-refractivity contribution in [3.63, 3.8) is 0 Å². The number of rotatable bonds is 5. The van der Waals surface area contributed by atoms with E-state index in [0.717, 1.165) is 62.2 Å². The average molecular weight is 388 g/mol. The maximum atomic E-state index is 6.23. The van der Waals surface area contributed by atoms with E-state index in [1.54, 1.807) is 22.7 Å². The number of amidine groups is 1. The first-order chi connectivity index (χ1) is 11.7. The molecular weight excluding hydrogens is 367 g/mol. The van der Waals surface area contributed by atoms with Crippen LogP contribution in [0, 0.1) is 0 Å². The monoisotopic (exact) mass is 387 g/mol. The number of morpholine rings is 1. The third kappa shape index (κ3) is 5.04. The highest BCUT2D eigenvalue weighted by Crippen LogP contribution is 2.28. The lowest BCUT2D eigenvalue weighted by Gasteiger charge is -2.23. The van der Waals surface area contributed by atoms with Crippen molar-refractivity contribution in [2.75, 3.05) is 39.4 Å². The first-order valence-electron chi connectivity index (χ1n) is 8.02. The van der Waals surface area contributed by atoms with Crippen LogP contribution in [0.5, 0.6) is 0 Å². The van der Waals surface area contributed by atoms with Crippen LogP contribution in [-0.2, 0) is 4.74 Å². The van der Waals surface area contributed by atoms with E-state index in [0.29, 0.717) is 10.0 Å². The van der Waals surface area contributed by atoms with Gasteiger partial charge in [-0.1, -0.05) is 35.0 Å². The first kappa shape index (κ1) is 17.9. The molecule has 1 saturated heterocycles. The van der Waals surface area contributed by atoms with Gasteiger partial charge < -0.3 is 9.64 Å². The number of nitrogens with zero attached hydrogens (tertiary/aromatic N) is 1. The van der Waals surface area contributed by atoms with Crippen LogP contribution in [0.25, 0.3) is 5.70 Å². The summed E-state index contributed by atoms with van der Waals surface area (Å²) in [6.07, 6.45) is 1.08. The molecule has 0 amide bonds. The van der Waals surface area contributed by atoms with Crippen molar-refractivity contribution < 1.29 is 9.64 Å². The minimum absolute atomic E-state index is 0.623. The average Bonchev–Trinajstić information content (AvgIpc) is 2.60. The molecule has 5 nitrogen and oxygen atoms in total. The fourth-order valence-corrected chi connectivity index (χ4v) is 3.83. The molecule has 3 rings (SSSR count). The number of hydrogen-bond donors (Lipinski definition) is 3. The van der Waals surface area contributed by atoms with Gasteiger partial charge in [0.05, 0.1) is 30.5 Å². The van der Waals surface area contributed by atoms with Crippen LogP contribution < -0.4 is 15.8 Å². The van der Waals surface area contributed by atoms with E-state index in [1.807, 2.05) is 17.5 Å². The van der Waals surface area contributed by atoms with E-state index >= 15 is 0 Å². The van der Waals surface area contributed by atoms with E-state index in [-0.39, 0.29) is 0 Å². The van der Waals surface area contributed by atoms with Crippen LogP contribution in [-0.4, -0.2) is 44.6 Å². The molecule has 1 fully saturated rings. The molecule has 8 heteroatoms.